The molecule has 1 aliphatic rings. The van der Waals surface area contributed by atoms with Crippen molar-refractivity contribution in [1.82, 2.24) is 10.2 Å². The molecule has 1 aromatic heterocycles. The molecule has 1 N–H and O–H groups in total. The molecular formula is C19H23N3O5. The zero-order chi connectivity index (χ0) is 19.4. The van der Waals surface area contributed by atoms with Crippen LogP contribution in [0.15, 0.2) is 34.7 Å². The summed E-state index contributed by atoms with van der Waals surface area (Å²) in [6.45, 7) is 6.47. The predicted octanol–water partition coefficient (Wildman–Crippen LogP) is 2.61. The second-order valence-corrected chi connectivity index (χ2v) is 6.55. The van der Waals surface area contributed by atoms with E-state index in [0.29, 0.717) is 18.8 Å². The number of ether oxygens (including phenoxy) is 1. The van der Waals surface area contributed by atoms with E-state index in [1.807, 2.05) is 19.1 Å². The average molecular weight is 373 g/mol. The number of nitrogens with one attached hydrogen (secondary N) is 1. The molecule has 8 heteroatoms. The number of carbonyl (C=O) groups is 1. The number of aryl methyl sites for hydroxylation is 2. The molecule has 1 aliphatic heterocycles. The molecule has 0 aliphatic carbocycles. The molecule has 1 amide bonds. The lowest BCUT2D eigenvalue weighted by atomic mass is 10.1. The molecule has 1 fully saturated rings. The van der Waals surface area contributed by atoms with E-state index < -0.39 is 10.8 Å². The SMILES string of the molecule is Cc1ccc([C@H](CNC(=O)c2cccc(C)c2[N+](=O)[O-])N2CCOCC2)o1. The van der Waals surface area contributed by atoms with Crippen LogP contribution in [0.2, 0.25) is 0 Å². The smallest absolute Gasteiger partial charge is 0.285 e. The van der Waals surface area contributed by atoms with Crippen molar-refractivity contribution < 1.29 is 18.9 Å². The molecule has 3 rings (SSSR count). The van der Waals surface area contributed by atoms with Gasteiger partial charge in [0.2, 0.25) is 0 Å². The minimum atomic E-state index is -0.514. The van der Waals surface area contributed by atoms with Crippen LogP contribution in [0.5, 0.6) is 0 Å². The number of para-hydroxylation sites is 1. The summed E-state index contributed by atoms with van der Waals surface area (Å²) in [4.78, 5) is 25.7. The number of furan rings is 1. The number of nitrogens with zero attached hydrogens (tertiary/aromatic N) is 2. The van der Waals surface area contributed by atoms with Gasteiger partial charge < -0.3 is 14.5 Å². The topological polar surface area (TPSA) is 97.8 Å². The highest BCUT2D eigenvalue weighted by Crippen LogP contribution is 2.25. The van der Waals surface area contributed by atoms with Gasteiger partial charge >= 0.3 is 0 Å². The number of hydrogen-bond acceptors (Lipinski definition) is 6. The van der Waals surface area contributed by atoms with Crippen LogP contribution in [0.4, 0.5) is 5.69 Å². The zero-order valence-electron chi connectivity index (χ0n) is 15.4. The lowest BCUT2D eigenvalue weighted by Gasteiger charge is -2.33. The van der Waals surface area contributed by atoms with E-state index in [1.165, 1.54) is 6.07 Å². The Hall–Kier alpha value is -2.71. The fourth-order valence-corrected chi connectivity index (χ4v) is 3.30. The second kappa shape index (κ2) is 8.32. The number of nitro benzene ring substituents is 1. The van der Waals surface area contributed by atoms with E-state index in [4.69, 9.17) is 9.15 Å². The molecule has 0 bridgehead atoms. The zero-order valence-corrected chi connectivity index (χ0v) is 15.4. The first-order chi connectivity index (χ1) is 13.0. The minimum absolute atomic E-state index is 0.0661. The molecule has 1 atom stereocenters. The number of rotatable bonds is 6. The fourth-order valence-electron chi connectivity index (χ4n) is 3.30. The third kappa shape index (κ3) is 4.35. The number of hydrogen-bond donors (Lipinski definition) is 1. The van der Waals surface area contributed by atoms with Crippen molar-refractivity contribution in [3.63, 3.8) is 0 Å². The summed E-state index contributed by atoms with van der Waals surface area (Å²) in [5.41, 5.74) is 0.363. The average Bonchev–Trinajstić information content (AvgIpc) is 3.08. The second-order valence-electron chi connectivity index (χ2n) is 6.55. The van der Waals surface area contributed by atoms with Gasteiger partial charge in [-0.1, -0.05) is 12.1 Å². The number of morpholine rings is 1. The van der Waals surface area contributed by atoms with Crippen LogP contribution in [0.25, 0.3) is 0 Å². The van der Waals surface area contributed by atoms with Gasteiger partial charge in [-0.2, -0.15) is 0 Å². The summed E-state index contributed by atoms with van der Waals surface area (Å²) in [6.07, 6.45) is 0. The third-order valence-corrected chi connectivity index (χ3v) is 4.70. The number of benzene rings is 1. The van der Waals surface area contributed by atoms with Gasteiger partial charge in [0, 0.05) is 25.2 Å². The Morgan fingerprint density at radius 3 is 2.63 bits per heavy atom. The van der Waals surface area contributed by atoms with Crippen LogP contribution in [0.3, 0.4) is 0 Å². The first-order valence-electron chi connectivity index (χ1n) is 8.87. The first-order valence-corrected chi connectivity index (χ1v) is 8.87. The molecule has 144 valence electrons. The summed E-state index contributed by atoms with van der Waals surface area (Å²) in [7, 11) is 0. The van der Waals surface area contributed by atoms with Gasteiger partial charge in [-0.15, -0.1) is 0 Å². The highest BCUT2D eigenvalue weighted by atomic mass is 16.6. The Labute approximate surface area is 157 Å². The number of amides is 1. The Morgan fingerprint density at radius 1 is 1.26 bits per heavy atom. The number of nitro groups is 1. The van der Waals surface area contributed by atoms with E-state index in [1.54, 1.807) is 19.1 Å². The van der Waals surface area contributed by atoms with Crippen molar-refractivity contribution in [2.24, 2.45) is 0 Å². The highest BCUT2D eigenvalue weighted by molar-refractivity contribution is 5.98. The van der Waals surface area contributed by atoms with Gasteiger partial charge in [0.15, 0.2) is 0 Å². The van der Waals surface area contributed by atoms with Crippen LogP contribution >= 0.6 is 0 Å². The fraction of sp³-hybridized carbons (Fsp3) is 0.421. The maximum atomic E-state index is 12.7. The lowest BCUT2D eigenvalue weighted by Crippen LogP contribution is -2.43. The van der Waals surface area contributed by atoms with E-state index in [9.17, 15) is 14.9 Å². The van der Waals surface area contributed by atoms with Crippen molar-refractivity contribution in [3.05, 3.63) is 63.1 Å². The summed E-state index contributed by atoms with van der Waals surface area (Å²) >= 11 is 0. The molecule has 2 aromatic rings. The Balaban J connectivity index is 1.78. The van der Waals surface area contributed by atoms with Gasteiger partial charge in [-0.25, -0.2) is 0 Å². The van der Waals surface area contributed by atoms with E-state index in [-0.39, 0.29) is 23.8 Å². The number of carbonyl (C=O) groups excluding carboxylic acids is 1. The molecule has 0 radical (unpaired) electrons. The minimum Gasteiger partial charge on any atom is -0.465 e. The largest absolute Gasteiger partial charge is 0.465 e. The Bertz CT molecular complexity index is 827. The molecular weight excluding hydrogens is 350 g/mol. The third-order valence-electron chi connectivity index (χ3n) is 4.70. The summed E-state index contributed by atoms with van der Waals surface area (Å²) in [5.74, 6) is 1.09. The van der Waals surface area contributed by atoms with Gasteiger partial charge in [0.25, 0.3) is 11.6 Å². The maximum Gasteiger partial charge on any atom is 0.285 e. The quantitative estimate of drug-likeness (QED) is 0.617. The van der Waals surface area contributed by atoms with E-state index in [0.717, 1.165) is 24.6 Å². The summed E-state index contributed by atoms with van der Waals surface area (Å²) in [5, 5.41) is 14.2. The van der Waals surface area contributed by atoms with Gasteiger partial charge in [-0.05, 0) is 32.0 Å². The van der Waals surface area contributed by atoms with Gasteiger partial charge in [0.1, 0.15) is 17.1 Å². The van der Waals surface area contributed by atoms with Crippen LogP contribution in [-0.2, 0) is 4.74 Å². The molecule has 2 heterocycles. The molecule has 1 saturated heterocycles. The summed E-state index contributed by atoms with van der Waals surface area (Å²) < 4.78 is 11.2. The van der Waals surface area contributed by atoms with E-state index in [2.05, 4.69) is 10.2 Å². The van der Waals surface area contributed by atoms with Crippen molar-refractivity contribution >= 4 is 11.6 Å². The molecule has 0 spiro atoms. The van der Waals surface area contributed by atoms with Crippen LogP contribution in [0, 0.1) is 24.0 Å². The Kier molecular flexibility index (Phi) is 5.88. The Morgan fingerprint density at radius 2 is 2.00 bits per heavy atom. The first kappa shape index (κ1) is 19.1. The molecule has 27 heavy (non-hydrogen) atoms. The molecule has 1 aromatic carbocycles. The van der Waals surface area contributed by atoms with Crippen LogP contribution < -0.4 is 5.32 Å². The molecule has 8 nitrogen and oxygen atoms in total. The van der Waals surface area contributed by atoms with Crippen molar-refractivity contribution in [1.29, 1.82) is 0 Å². The molecule has 0 saturated carbocycles. The van der Waals surface area contributed by atoms with Gasteiger partial charge in [0.05, 0.1) is 24.2 Å². The van der Waals surface area contributed by atoms with Gasteiger partial charge in [-0.3, -0.25) is 19.8 Å². The standard InChI is InChI=1S/C19H23N3O5/c1-13-4-3-5-15(18(13)22(24)25)19(23)20-12-16(17-7-6-14(2)27-17)21-8-10-26-11-9-21/h3-7,16H,8-12H2,1-2H3,(H,20,23)/t16-/m0/s1. The predicted molar refractivity (Wildman–Crippen MR) is 98.7 cm³/mol. The van der Waals surface area contributed by atoms with E-state index >= 15 is 0 Å². The molecule has 0 unspecified atom stereocenters. The van der Waals surface area contributed by atoms with Crippen LogP contribution in [0.1, 0.15) is 33.5 Å². The maximum absolute atomic E-state index is 12.7. The van der Waals surface area contributed by atoms with Crippen molar-refractivity contribution in [2.45, 2.75) is 19.9 Å². The van der Waals surface area contributed by atoms with Crippen LogP contribution in [-0.4, -0.2) is 48.6 Å². The van der Waals surface area contributed by atoms with Crippen molar-refractivity contribution in [3.8, 4) is 0 Å². The highest BCUT2D eigenvalue weighted by Gasteiger charge is 2.27. The summed E-state index contributed by atoms with van der Waals surface area (Å²) in [6, 6.07) is 8.37. The monoisotopic (exact) mass is 373 g/mol. The van der Waals surface area contributed by atoms with Crippen molar-refractivity contribution in [2.75, 3.05) is 32.8 Å². The normalized spacial score (nSPS) is 16.1. The lowest BCUT2D eigenvalue weighted by molar-refractivity contribution is -0.385.